The molecule has 0 saturated carbocycles. The maximum absolute atomic E-state index is 10.4. The van der Waals surface area contributed by atoms with Crippen LogP contribution in [-0.4, -0.2) is 11.1 Å². The van der Waals surface area contributed by atoms with Crippen molar-refractivity contribution in [3.63, 3.8) is 0 Å². The Morgan fingerprint density at radius 1 is 1.36 bits per heavy atom. The molecular formula is C8H11NO2. The molecule has 0 amide bonds. The van der Waals surface area contributed by atoms with E-state index in [1.165, 1.54) is 0 Å². The van der Waals surface area contributed by atoms with Gasteiger partial charge in [0.1, 0.15) is 0 Å². The predicted octanol–water partition coefficient (Wildman–Crippen LogP) is 1.86. The monoisotopic (exact) mass is 153 g/mol. The highest BCUT2D eigenvalue weighted by atomic mass is 16.4. The van der Waals surface area contributed by atoms with Crippen LogP contribution in [0.3, 0.4) is 0 Å². The molecule has 0 fully saturated rings. The Kier molecular flexibility index (Phi) is 3.27. The van der Waals surface area contributed by atoms with Crippen LogP contribution in [0.1, 0.15) is 15.9 Å². The van der Waals surface area contributed by atoms with Crippen molar-refractivity contribution in [3.05, 3.63) is 35.4 Å². The van der Waals surface area contributed by atoms with Gasteiger partial charge < -0.3 is 11.3 Å². The molecule has 3 nitrogen and oxygen atoms in total. The van der Waals surface area contributed by atoms with Gasteiger partial charge in [0.15, 0.2) is 0 Å². The normalized spacial score (nSPS) is 8.45. The van der Waals surface area contributed by atoms with Crippen LogP contribution in [0.5, 0.6) is 0 Å². The van der Waals surface area contributed by atoms with Crippen molar-refractivity contribution in [1.82, 2.24) is 6.15 Å². The maximum Gasteiger partial charge on any atom is 0.335 e. The molecule has 0 radical (unpaired) electrons. The van der Waals surface area contributed by atoms with Gasteiger partial charge in [0.2, 0.25) is 0 Å². The second kappa shape index (κ2) is 3.73. The Hall–Kier alpha value is -1.35. The highest BCUT2D eigenvalue weighted by Crippen LogP contribution is 2.05. The lowest BCUT2D eigenvalue weighted by molar-refractivity contribution is 0.0696. The van der Waals surface area contributed by atoms with E-state index in [-0.39, 0.29) is 6.15 Å². The van der Waals surface area contributed by atoms with Crippen LogP contribution in [0.15, 0.2) is 24.3 Å². The number of hydrogen-bond donors (Lipinski definition) is 2. The second-order valence-electron chi connectivity index (χ2n) is 2.12. The van der Waals surface area contributed by atoms with E-state index < -0.39 is 5.97 Å². The third kappa shape index (κ3) is 2.05. The maximum atomic E-state index is 10.4. The van der Waals surface area contributed by atoms with E-state index in [9.17, 15) is 4.79 Å². The quantitative estimate of drug-likeness (QED) is 0.646. The molecule has 60 valence electrons. The van der Waals surface area contributed by atoms with E-state index >= 15 is 0 Å². The zero-order chi connectivity index (χ0) is 7.56. The van der Waals surface area contributed by atoms with Crippen molar-refractivity contribution in [1.29, 1.82) is 0 Å². The van der Waals surface area contributed by atoms with Gasteiger partial charge in [-0.25, -0.2) is 4.79 Å². The molecule has 0 bridgehead atoms. The summed E-state index contributed by atoms with van der Waals surface area (Å²) in [6, 6.07) is 6.92. The van der Waals surface area contributed by atoms with Crippen molar-refractivity contribution < 1.29 is 9.90 Å². The van der Waals surface area contributed by atoms with Gasteiger partial charge in [0, 0.05) is 0 Å². The van der Waals surface area contributed by atoms with Crippen LogP contribution < -0.4 is 6.15 Å². The van der Waals surface area contributed by atoms with Crippen LogP contribution in [0.4, 0.5) is 0 Å². The van der Waals surface area contributed by atoms with E-state index in [1.807, 2.05) is 6.07 Å². The highest BCUT2D eigenvalue weighted by molar-refractivity contribution is 5.89. The van der Waals surface area contributed by atoms with Crippen LogP contribution in [0, 0.1) is 6.92 Å². The molecule has 0 atom stereocenters. The fourth-order valence-electron chi connectivity index (χ4n) is 0.813. The molecule has 0 aromatic heterocycles. The molecule has 11 heavy (non-hydrogen) atoms. The number of carboxylic acid groups (broad SMARTS) is 1. The molecule has 0 aliphatic rings. The van der Waals surface area contributed by atoms with Crippen LogP contribution in [0.25, 0.3) is 0 Å². The lowest BCUT2D eigenvalue weighted by atomic mass is 10.1. The summed E-state index contributed by atoms with van der Waals surface area (Å²) < 4.78 is 0. The smallest absolute Gasteiger partial charge is 0.335 e. The number of aryl methyl sites for hydroxylation is 1. The van der Waals surface area contributed by atoms with Crippen LogP contribution in [0.2, 0.25) is 0 Å². The first-order chi connectivity index (χ1) is 4.72. The Bertz CT molecular complexity index is 258. The predicted molar refractivity (Wildman–Crippen MR) is 43.2 cm³/mol. The third-order valence-corrected chi connectivity index (χ3v) is 1.38. The number of hydrogen-bond acceptors (Lipinski definition) is 2. The van der Waals surface area contributed by atoms with Gasteiger partial charge in [-0.15, -0.1) is 0 Å². The summed E-state index contributed by atoms with van der Waals surface area (Å²) in [7, 11) is 0. The fourth-order valence-corrected chi connectivity index (χ4v) is 0.813. The molecule has 3 heteroatoms. The van der Waals surface area contributed by atoms with E-state index in [2.05, 4.69) is 0 Å². The number of carboxylic acids is 1. The standard InChI is InChI=1S/C8H8O2.H3N/c1-6-4-2-3-5-7(6)8(9)10;/h2-5H,1H3,(H,9,10);1H3. The SMILES string of the molecule is Cc1ccccc1C(=O)O.N. The molecule has 0 aliphatic heterocycles. The van der Waals surface area contributed by atoms with Crippen molar-refractivity contribution in [3.8, 4) is 0 Å². The first kappa shape index (κ1) is 9.65. The molecule has 0 heterocycles. The Morgan fingerprint density at radius 2 is 1.91 bits per heavy atom. The topological polar surface area (TPSA) is 72.3 Å². The molecule has 0 aliphatic carbocycles. The summed E-state index contributed by atoms with van der Waals surface area (Å²) in [5.41, 5.74) is 1.18. The van der Waals surface area contributed by atoms with Crippen molar-refractivity contribution in [2.75, 3.05) is 0 Å². The molecule has 1 aromatic carbocycles. The minimum absolute atomic E-state index is 0. The molecule has 0 saturated heterocycles. The van der Waals surface area contributed by atoms with Gasteiger partial charge in [-0.2, -0.15) is 0 Å². The van der Waals surface area contributed by atoms with Gasteiger partial charge in [0.05, 0.1) is 5.56 Å². The zero-order valence-corrected chi connectivity index (χ0v) is 6.37. The molecule has 0 spiro atoms. The minimum atomic E-state index is -0.863. The molecule has 1 aromatic rings. The van der Waals surface area contributed by atoms with Gasteiger partial charge in [-0.1, -0.05) is 18.2 Å². The van der Waals surface area contributed by atoms with E-state index in [0.717, 1.165) is 5.56 Å². The molecule has 0 unspecified atom stereocenters. The highest BCUT2D eigenvalue weighted by Gasteiger charge is 2.02. The molecule has 1 rings (SSSR count). The van der Waals surface area contributed by atoms with Crippen molar-refractivity contribution in [2.45, 2.75) is 6.92 Å². The van der Waals surface area contributed by atoms with Gasteiger partial charge in [-0.05, 0) is 18.6 Å². The molecule has 4 N–H and O–H groups in total. The van der Waals surface area contributed by atoms with Crippen molar-refractivity contribution in [2.24, 2.45) is 0 Å². The average molecular weight is 153 g/mol. The Morgan fingerprint density at radius 3 is 2.27 bits per heavy atom. The van der Waals surface area contributed by atoms with Crippen LogP contribution >= 0.6 is 0 Å². The summed E-state index contributed by atoms with van der Waals surface area (Å²) in [6.45, 7) is 1.78. The van der Waals surface area contributed by atoms with E-state index in [0.29, 0.717) is 5.56 Å². The number of aromatic carboxylic acids is 1. The van der Waals surface area contributed by atoms with Gasteiger partial charge >= 0.3 is 5.97 Å². The lowest BCUT2D eigenvalue weighted by Gasteiger charge is -1.96. The largest absolute Gasteiger partial charge is 0.478 e. The summed E-state index contributed by atoms with van der Waals surface area (Å²) in [5, 5.41) is 8.57. The summed E-state index contributed by atoms with van der Waals surface area (Å²) >= 11 is 0. The fraction of sp³-hybridized carbons (Fsp3) is 0.125. The number of carbonyl (C=O) groups is 1. The Balaban J connectivity index is 0.000001000. The van der Waals surface area contributed by atoms with Crippen molar-refractivity contribution >= 4 is 5.97 Å². The first-order valence-electron chi connectivity index (χ1n) is 3.01. The lowest BCUT2D eigenvalue weighted by Crippen LogP contribution is -1.97. The Labute approximate surface area is 65.3 Å². The summed E-state index contributed by atoms with van der Waals surface area (Å²) in [4.78, 5) is 10.4. The summed E-state index contributed by atoms with van der Waals surface area (Å²) in [6.07, 6.45) is 0. The average Bonchev–Trinajstić information content (AvgIpc) is 1.88. The first-order valence-corrected chi connectivity index (χ1v) is 3.01. The molecular weight excluding hydrogens is 142 g/mol. The van der Waals surface area contributed by atoms with Gasteiger partial charge in [-0.3, -0.25) is 0 Å². The van der Waals surface area contributed by atoms with E-state index in [4.69, 9.17) is 5.11 Å². The third-order valence-electron chi connectivity index (χ3n) is 1.38. The van der Waals surface area contributed by atoms with Crippen LogP contribution in [-0.2, 0) is 0 Å². The van der Waals surface area contributed by atoms with Gasteiger partial charge in [0.25, 0.3) is 0 Å². The van der Waals surface area contributed by atoms with E-state index in [1.54, 1.807) is 25.1 Å². The minimum Gasteiger partial charge on any atom is -0.478 e. The zero-order valence-electron chi connectivity index (χ0n) is 6.37. The summed E-state index contributed by atoms with van der Waals surface area (Å²) in [5.74, 6) is -0.863. The second-order valence-corrected chi connectivity index (χ2v) is 2.12. The number of rotatable bonds is 1. The number of benzene rings is 1.